The Bertz CT molecular complexity index is 3190. The fourth-order valence-corrected chi connectivity index (χ4v) is 9.55. The summed E-state index contributed by atoms with van der Waals surface area (Å²) in [5.41, 5.74) is 10.5. The number of rotatable bonds is 10. The summed E-state index contributed by atoms with van der Waals surface area (Å²) in [6.07, 6.45) is 14.0. The minimum atomic E-state index is 0.721. The maximum absolute atomic E-state index is 5.47. The van der Waals surface area contributed by atoms with E-state index in [-0.39, 0.29) is 0 Å². The van der Waals surface area contributed by atoms with Gasteiger partial charge in [-0.15, -0.1) is 0 Å². The Kier molecular flexibility index (Phi) is 26.6. The number of hydrogen-bond acceptors (Lipinski definition) is 4. The van der Waals surface area contributed by atoms with Crippen LogP contribution in [0.4, 0.5) is 0 Å². The van der Waals surface area contributed by atoms with Crippen LogP contribution >= 0.6 is 0 Å². The average molecular weight is 1050 g/mol. The Morgan fingerprint density at radius 2 is 0.620 bits per heavy atom. The highest BCUT2D eigenvalue weighted by molar-refractivity contribution is 5.85. The van der Waals surface area contributed by atoms with Crippen LogP contribution in [0.1, 0.15) is 106 Å². The van der Waals surface area contributed by atoms with Crippen LogP contribution in [0.3, 0.4) is 0 Å². The fraction of sp³-hybridized carbons (Fsp3) is 0.280. The molecule has 4 nitrogen and oxygen atoms in total. The first kappa shape index (κ1) is 60.4. The molecule has 0 unspecified atom stereocenters. The standard InChI is InChI=1S/C12H16O.C12H12O.C12H16.C12H12.C11H10O.C8H10O.C8H10/c2*1-2-13-12-8-7-10-5-3-4-6-11(10)9-12;2*1-2-10-7-8-11-5-3-4-6-12(11)9-10;1-12-11-7-6-9-4-2-3-5-10(9)8-11;1-2-9-8-6-4-3-5-7-8;1-2-8-6-4-3-5-7-8/h7-9H,2-6H2,1H3;3-9H,2H2,1H3;7-9H,2-6H2,1H3;3-9H,2H2,1H3;2-8H,1H3;3-7H,2H2,1H3;3-7H,2H2,1H3. The second-order valence-corrected chi connectivity index (χ2v) is 19.5. The number of benzene rings is 10. The summed E-state index contributed by atoms with van der Waals surface area (Å²) >= 11 is 0. The molecule has 0 saturated heterocycles. The van der Waals surface area contributed by atoms with Crippen LogP contribution in [0.5, 0.6) is 23.0 Å². The molecular formula is C75H86O4. The van der Waals surface area contributed by atoms with Gasteiger partial charge in [-0.2, -0.15) is 0 Å². The molecule has 2 aliphatic rings. The molecule has 4 heteroatoms. The molecule has 2 aliphatic carbocycles. The number of para-hydroxylation sites is 1. The topological polar surface area (TPSA) is 36.9 Å². The van der Waals surface area contributed by atoms with Gasteiger partial charge in [-0.3, -0.25) is 0 Å². The summed E-state index contributed by atoms with van der Waals surface area (Å²) in [6.45, 7) is 14.8. The normalized spacial score (nSPS) is 11.6. The van der Waals surface area contributed by atoms with E-state index in [0.717, 1.165) is 55.7 Å². The van der Waals surface area contributed by atoms with E-state index in [4.69, 9.17) is 18.9 Å². The third-order valence-corrected chi connectivity index (χ3v) is 14.0. The largest absolute Gasteiger partial charge is 0.497 e. The van der Waals surface area contributed by atoms with E-state index in [1.807, 2.05) is 99.6 Å². The highest BCUT2D eigenvalue weighted by atomic mass is 16.5. The molecule has 12 rings (SSSR count). The minimum Gasteiger partial charge on any atom is -0.497 e. The molecule has 10 aromatic carbocycles. The first-order valence-corrected chi connectivity index (χ1v) is 29.1. The highest BCUT2D eigenvalue weighted by Crippen LogP contribution is 2.26. The Balaban J connectivity index is 0.000000150. The molecule has 0 saturated carbocycles. The number of fused-ring (bicyclic) bond motifs is 5. The van der Waals surface area contributed by atoms with Crippen molar-refractivity contribution in [3.8, 4) is 23.0 Å². The molecule has 0 bridgehead atoms. The van der Waals surface area contributed by atoms with Crippen LogP contribution in [-0.2, 0) is 44.9 Å². The first-order valence-electron chi connectivity index (χ1n) is 29.1. The van der Waals surface area contributed by atoms with Crippen LogP contribution in [0.15, 0.2) is 224 Å². The Morgan fingerprint density at radius 3 is 1.11 bits per heavy atom. The van der Waals surface area contributed by atoms with Crippen LogP contribution in [0.25, 0.3) is 32.3 Å². The summed E-state index contributed by atoms with van der Waals surface area (Å²) in [4.78, 5) is 0. The first-order chi connectivity index (χ1) is 38.9. The zero-order chi connectivity index (χ0) is 55.7. The predicted octanol–water partition coefficient (Wildman–Crippen LogP) is 19.9. The summed E-state index contributed by atoms with van der Waals surface area (Å²) in [6, 6.07) is 77.6. The molecule has 0 amide bonds. The van der Waals surface area contributed by atoms with Gasteiger partial charge in [0.2, 0.25) is 0 Å². The lowest BCUT2D eigenvalue weighted by Crippen LogP contribution is -2.03. The van der Waals surface area contributed by atoms with Crippen LogP contribution < -0.4 is 18.9 Å². The molecule has 0 N–H and O–H groups in total. The van der Waals surface area contributed by atoms with E-state index in [1.165, 1.54) is 118 Å². The number of hydrogen-bond donors (Lipinski definition) is 0. The van der Waals surface area contributed by atoms with E-state index in [2.05, 4.69) is 166 Å². The predicted molar refractivity (Wildman–Crippen MR) is 339 cm³/mol. The monoisotopic (exact) mass is 1050 g/mol. The van der Waals surface area contributed by atoms with Gasteiger partial charge in [-0.25, -0.2) is 0 Å². The number of methoxy groups -OCH3 is 1. The van der Waals surface area contributed by atoms with Gasteiger partial charge in [0, 0.05) is 0 Å². The van der Waals surface area contributed by atoms with Crippen molar-refractivity contribution in [2.45, 2.75) is 112 Å². The number of aryl methyl sites for hydroxylation is 7. The summed E-state index contributed by atoms with van der Waals surface area (Å²) in [7, 11) is 1.68. The van der Waals surface area contributed by atoms with Crippen LogP contribution in [0, 0.1) is 0 Å². The Hall–Kier alpha value is -7.82. The van der Waals surface area contributed by atoms with Crippen LogP contribution in [0.2, 0.25) is 0 Å². The van der Waals surface area contributed by atoms with Crippen molar-refractivity contribution in [2.75, 3.05) is 26.9 Å². The third kappa shape index (κ3) is 20.8. The van der Waals surface area contributed by atoms with Gasteiger partial charge in [-0.05, 0) is 211 Å². The highest BCUT2D eigenvalue weighted by Gasteiger charge is 2.10. The molecule has 0 aliphatic heterocycles. The molecular weight excluding hydrogens is 965 g/mol. The molecule has 0 radical (unpaired) electrons. The average Bonchev–Trinajstić information content (AvgIpc) is 3.53. The van der Waals surface area contributed by atoms with Gasteiger partial charge in [0.25, 0.3) is 0 Å². The maximum atomic E-state index is 5.47. The molecule has 0 aromatic heterocycles. The smallest absolute Gasteiger partial charge is 0.119 e. The van der Waals surface area contributed by atoms with E-state index >= 15 is 0 Å². The lowest BCUT2D eigenvalue weighted by molar-refractivity contribution is 0.339. The lowest BCUT2D eigenvalue weighted by Gasteiger charge is -2.16. The summed E-state index contributed by atoms with van der Waals surface area (Å²) in [5.74, 6) is 3.83. The van der Waals surface area contributed by atoms with Crippen molar-refractivity contribution in [1.82, 2.24) is 0 Å². The van der Waals surface area contributed by atoms with Gasteiger partial charge in [0.05, 0.1) is 26.9 Å². The van der Waals surface area contributed by atoms with Gasteiger partial charge in [0.15, 0.2) is 0 Å². The van der Waals surface area contributed by atoms with Crippen molar-refractivity contribution in [1.29, 1.82) is 0 Å². The molecule has 0 heterocycles. The van der Waals surface area contributed by atoms with Crippen molar-refractivity contribution >= 4 is 32.3 Å². The second-order valence-electron chi connectivity index (χ2n) is 19.5. The fourth-order valence-electron chi connectivity index (χ4n) is 9.55. The van der Waals surface area contributed by atoms with Gasteiger partial charge >= 0.3 is 0 Å². The molecule has 0 fully saturated rings. The van der Waals surface area contributed by atoms with Gasteiger partial charge in [0.1, 0.15) is 23.0 Å². The van der Waals surface area contributed by atoms with E-state index in [1.54, 1.807) is 18.2 Å². The van der Waals surface area contributed by atoms with E-state index in [0.29, 0.717) is 0 Å². The summed E-state index contributed by atoms with van der Waals surface area (Å²) in [5, 5.41) is 7.63. The molecule has 79 heavy (non-hydrogen) atoms. The molecule has 0 atom stereocenters. The van der Waals surface area contributed by atoms with Gasteiger partial charge < -0.3 is 18.9 Å². The van der Waals surface area contributed by atoms with Crippen molar-refractivity contribution < 1.29 is 18.9 Å². The van der Waals surface area contributed by atoms with E-state index in [9.17, 15) is 0 Å². The minimum absolute atomic E-state index is 0.721. The second kappa shape index (κ2) is 34.8. The summed E-state index contributed by atoms with van der Waals surface area (Å²) < 4.78 is 21.2. The van der Waals surface area contributed by atoms with E-state index < -0.39 is 0 Å². The Labute approximate surface area is 474 Å². The third-order valence-electron chi connectivity index (χ3n) is 14.0. The zero-order valence-electron chi connectivity index (χ0n) is 48.4. The molecule has 410 valence electrons. The van der Waals surface area contributed by atoms with Crippen molar-refractivity contribution in [2.24, 2.45) is 0 Å². The SMILES string of the molecule is CCOc1ccc2c(c1)CCCC2.CCOc1ccc2ccccc2c1.CCOc1ccccc1.CCc1ccc2c(c1)CCCC2.CCc1ccc2ccccc2c1.CCc1ccccc1.COc1ccc2ccccc2c1. The number of ether oxygens (including phenoxy) is 4. The Morgan fingerprint density at radius 1 is 0.266 bits per heavy atom. The van der Waals surface area contributed by atoms with Crippen LogP contribution in [-0.4, -0.2) is 26.9 Å². The quantitative estimate of drug-likeness (QED) is 0.137. The zero-order valence-corrected chi connectivity index (χ0v) is 48.4. The van der Waals surface area contributed by atoms with Crippen molar-refractivity contribution in [3.63, 3.8) is 0 Å². The lowest BCUT2D eigenvalue weighted by atomic mass is 9.90. The molecule has 10 aromatic rings. The van der Waals surface area contributed by atoms with Gasteiger partial charge in [-0.1, -0.05) is 197 Å². The van der Waals surface area contributed by atoms with Crippen molar-refractivity contribution in [3.05, 3.63) is 263 Å². The maximum Gasteiger partial charge on any atom is 0.119 e. The molecule has 0 spiro atoms.